The van der Waals surface area contributed by atoms with Gasteiger partial charge in [-0.25, -0.2) is 0 Å². The second-order valence-electron chi connectivity index (χ2n) is 5.55. The highest BCUT2D eigenvalue weighted by Gasteiger charge is 2.19. The molecule has 0 saturated carbocycles. The zero-order valence-electron chi connectivity index (χ0n) is 14.4. The Morgan fingerprint density at radius 3 is 2.50 bits per heavy atom. The number of ether oxygens (including phenoxy) is 2. The van der Waals surface area contributed by atoms with Crippen LogP contribution in [0.3, 0.4) is 0 Å². The average molecular weight is 378 g/mol. The van der Waals surface area contributed by atoms with Crippen molar-refractivity contribution >= 4 is 23.5 Å². The van der Waals surface area contributed by atoms with Gasteiger partial charge in [0, 0.05) is 24.2 Å². The van der Waals surface area contributed by atoms with E-state index < -0.39 is 12.5 Å². The van der Waals surface area contributed by atoms with Gasteiger partial charge in [-0.2, -0.15) is 0 Å². The van der Waals surface area contributed by atoms with Gasteiger partial charge in [0.25, 0.3) is 5.91 Å². The van der Waals surface area contributed by atoms with Gasteiger partial charge in [0.15, 0.2) is 0 Å². The summed E-state index contributed by atoms with van der Waals surface area (Å²) in [5.74, 6) is -0.950. The zero-order valence-corrected chi connectivity index (χ0v) is 15.1. The fourth-order valence-corrected chi connectivity index (χ4v) is 2.44. The smallest absolute Gasteiger partial charge is 0.323 e. The topological polar surface area (TPSA) is 76.1 Å². The number of carboxylic acids is 1. The summed E-state index contributed by atoms with van der Waals surface area (Å²) in [6.45, 7) is 0.547. The Balaban J connectivity index is 2.16. The van der Waals surface area contributed by atoms with E-state index in [9.17, 15) is 9.59 Å². The molecule has 138 valence electrons. The number of carbonyl (C=O) groups is 2. The molecular weight excluding hydrogens is 358 g/mol. The first kappa shape index (κ1) is 19.8. The lowest BCUT2D eigenvalue weighted by molar-refractivity contribution is -0.137. The second-order valence-corrected chi connectivity index (χ2v) is 5.99. The Hall–Kier alpha value is -2.57. The summed E-state index contributed by atoms with van der Waals surface area (Å²) >= 11 is 5.86. The predicted molar refractivity (Wildman–Crippen MR) is 97.6 cm³/mol. The molecule has 2 aromatic rings. The number of hydrogen-bond acceptors (Lipinski definition) is 4. The summed E-state index contributed by atoms with van der Waals surface area (Å²) in [5, 5.41) is 9.72. The largest absolute Gasteiger partial charge is 0.491 e. The lowest BCUT2D eigenvalue weighted by Gasteiger charge is -2.21. The number of carboxylic acid groups (broad SMARTS) is 1. The maximum atomic E-state index is 12.8. The number of methoxy groups -OCH3 is 1. The number of carbonyl (C=O) groups excluding carboxylic acids is 1. The van der Waals surface area contributed by atoms with Crippen LogP contribution in [-0.2, 0) is 16.1 Å². The first-order chi connectivity index (χ1) is 12.5. The molecule has 0 heterocycles. The molecule has 0 unspecified atom stereocenters. The third-order valence-corrected chi connectivity index (χ3v) is 3.79. The molecule has 0 radical (unpaired) electrons. The van der Waals surface area contributed by atoms with E-state index >= 15 is 0 Å². The summed E-state index contributed by atoms with van der Waals surface area (Å²) in [6.07, 6.45) is 0. The molecule has 6 nitrogen and oxygen atoms in total. The van der Waals surface area contributed by atoms with Crippen LogP contribution in [0.1, 0.15) is 15.9 Å². The molecule has 0 aromatic heterocycles. The van der Waals surface area contributed by atoms with Crippen molar-refractivity contribution in [3.8, 4) is 5.75 Å². The fourth-order valence-electron chi connectivity index (χ4n) is 2.32. The molecule has 1 amide bonds. The van der Waals surface area contributed by atoms with Gasteiger partial charge in [-0.05, 0) is 35.9 Å². The van der Waals surface area contributed by atoms with E-state index in [1.165, 1.54) is 4.90 Å². The lowest BCUT2D eigenvalue weighted by atomic mass is 10.1. The van der Waals surface area contributed by atoms with Crippen LogP contribution in [0.25, 0.3) is 0 Å². The number of rotatable bonds is 9. The van der Waals surface area contributed by atoms with Gasteiger partial charge in [-0.3, -0.25) is 9.59 Å². The first-order valence-corrected chi connectivity index (χ1v) is 8.34. The zero-order chi connectivity index (χ0) is 18.9. The van der Waals surface area contributed by atoms with Crippen molar-refractivity contribution in [3.05, 3.63) is 64.7 Å². The van der Waals surface area contributed by atoms with Crippen LogP contribution in [0.5, 0.6) is 5.75 Å². The van der Waals surface area contributed by atoms with E-state index in [2.05, 4.69) is 0 Å². The van der Waals surface area contributed by atoms with Gasteiger partial charge < -0.3 is 19.5 Å². The molecule has 1 N–H and O–H groups in total. The first-order valence-electron chi connectivity index (χ1n) is 7.97. The van der Waals surface area contributed by atoms with E-state index in [-0.39, 0.29) is 12.5 Å². The minimum Gasteiger partial charge on any atom is -0.491 e. The Morgan fingerprint density at radius 1 is 1.12 bits per heavy atom. The number of aliphatic carboxylic acids is 1. The molecular formula is C19H20ClNO5. The Kier molecular flexibility index (Phi) is 7.44. The van der Waals surface area contributed by atoms with Crippen molar-refractivity contribution < 1.29 is 24.2 Å². The fraction of sp³-hybridized carbons (Fsp3) is 0.263. The van der Waals surface area contributed by atoms with Gasteiger partial charge in [-0.1, -0.05) is 29.8 Å². The molecule has 0 bridgehead atoms. The normalized spacial score (nSPS) is 10.4. The molecule has 0 atom stereocenters. The van der Waals surface area contributed by atoms with Crippen LogP contribution in [0, 0.1) is 0 Å². The number of halogens is 1. The highest BCUT2D eigenvalue weighted by atomic mass is 35.5. The maximum absolute atomic E-state index is 12.8. The molecule has 0 aliphatic rings. The SMILES string of the molecule is COCCOc1cccc(C(=O)N(CC(=O)O)Cc2ccc(Cl)cc2)c1. The molecule has 2 aromatic carbocycles. The molecule has 0 aliphatic heterocycles. The number of hydrogen-bond donors (Lipinski definition) is 1. The van der Waals surface area contributed by atoms with Gasteiger partial charge >= 0.3 is 5.97 Å². The van der Waals surface area contributed by atoms with E-state index in [0.29, 0.717) is 29.5 Å². The van der Waals surface area contributed by atoms with Crippen LogP contribution in [0.4, 0.5) is 0 Å². The number of benzene rings is 2. The van der Waals surface area contributed by atoms with Crippen molar-refractivity contribution in [2.24, 2.45) is 0 Å². The third-order valence-electron chi connectivity index (χ3n) is 3.54. The standard InChI is InChI=1S/C19H20ClNO5/c1-25-9-10-26-17-4-2-3-15(11-17)19(24)21(13-18(22)23)12-14-5-7-16(20)8-6-14/h2-8,11H,9-10,12-13H2,1H3,(H,22,23). The summed E-state index contributed by atoms with van der Waals surface area (Å²) in [4.78, 5) is 25.2. The van der Waals surface area contributed by atoms with Crippen LogP contribution in [0.2, 0.25) is 5.02 Å². The predicted octanol–water partition coefficient (Wildman–Crippen LogP) is 3.09. The van der Waals surface area contributed by atoms with Gasteiger partial charge in [0.05, 0.1) is 6.61 Å². The number of nitrogens with zero attached hydrogens (tertiary/aromatic N) is 1. The van der Waals surface area contributed by atoms with Gasteiger partial charge in [0.2, 0.25) is 0 Å². The summed E-state index contributed by atoms with van der Waals surface area (Å²) in [7, 11) is 1.57. The summed E-state index contributed by atoms with van der Waals surface area (Å²) in [5.41, 5.74) is 1.15. The molecule has 0 spiro atoms. The molecule has 0 saturated heterocycles. The minimum atomic E-state index is -1.08. The molecule has 0 aliphatic carbocycles. The van der Waals surface area contributed by atoms with E-state index in [1.807, 2.05) is 0 Å². The Labute approximate surface area is 156 Å². The van der Waals surface area contributed by atoms with Crippen LogP contribution in [-0.4, -0.2) is 48.8 Å². The van der Waals surface area contributed by atoms with Gasteiger partial charge in [0.1, 0.15) is 18.9 Å². The Bertz CT molecular complexity index is 748. The van der Waals surface area contributed by atoms with E-state index in [0.717, 1.165) is 5.56 Å². The van der Waals surface area contributed by atoms with E-state index in [4.69, 9.17) is 26.2 Å². The van der Waals surface area contributed by atoms with Crippen LogP contribution >= 0.6 is 11.6 Å². The van der Waals surface area contributed by atoms with Crippen molar-refractivity contribution in [2.75, 3.05) is 26.9 Å². The monoisotopic (exact) mass is 377 g/mol. The molecule has 2 rings (SSSR count). The number of amides is 1. The summed E-state index contributed by atoms with van der Waals surface area (Å²) < 4.78 is 10.4. The lowest BCUT2D eigenvalue weighted by Crippen LogP contribution is -2.35. The van der Waals surface area contributed by atoms with E-state index in [1.54, 1.807) is 55.6 Å². The molecule has 0 fully saturated rings. The quantitative estimate of drug-likeness (QED) is 0.679. The van der Waals surface area contributed by atoms with Crippen molar-refractivity contribution in [2.45, 2.75) is 6.54 Å². The van der Waals surface area contributed by atoms with Crippen LogP contribution in [0.15, 0.2) is 48.5 Å². The summed E-state index contributed by atoms with van der Waals surface area (Å²) in [6, 6.07) is 13.6. The third kappa shape index (κ3) is 6.06. The maximum Gasteiger partial charge on any atom is 0.323 e. The van der Waals surface area contributed by atoms with Crippen molar-refractivity contribution in [3.63, 3.8) is 0 Å². The van der Waals surface area contributed by atoms with Crippen LogP contribution < -0.4 is 4.74 Å². The molecule has 26 heavy (non-hydrogen) atoms. The minimum absolute atomic E-state index is 0.164. The Morgan fingerprint density at radius 2 is 1.85 bits per heavy atom. The van der Waals surface area contributed by atoms with Gasteiger partial charge in [-0.15, -0.1) is 0 Å². The van der Waals surface area contributed by atoms with Crippen molar-refractivity contribution in [1.29, 1.82) is 0 Å². The average Bonchev–Trinajstić information content (AvgIpc) is 2.62. The second kappa shape index (κ2) is 9.79. The highest BCUT2D eigenvalue weighted by Crippen LogP contribution is 2.17. The van der Waals surface area contributed by atoms with Crippen molar-refractivity contribution in [1.82, 2.24) is 4.90 Å². The highest BCUT2D eigenvalue weighted by molar-refractivity contribution is 6.30. The molecule has 7 heteroatoms.